The van der Waals surface area contributed by atoms with Gasteiger partial charge in [0.2, 0.25) is 5.91 Å². The maximum absolute atomic E-state index is 12.4. The van der Waals surface area contributed by atoms with Crippen molar-refractivity contribution in [2.75, 3.05) is 13.6 Å². The van der Waals surface area contributed by atoms with Crippen LogP contribution in [0.4, 0.5) is 0 Å². The normalized spacial score (nSPS) is 26.8. The van der Waals surface area contributed by atoms with E-state index in [1.54, 1.807) is 0 Å². The van der Waals surface area contributed by atoms with Gasteiger partial charge in [-0.15, -0.1) is 0 Å². The molecule has 0 spiro atoms. The third-order valence-electron chi connectivity index (χ3n) is 3.94. The van der Waals surface area contributed by atoms with Gasteiger partial charge in [-0.05, 0) is 30.6 Å². The van der Waals surface area contributed by atoms with Crippen molar-refractivity contribution < 1.29 is 4.79 Å². The summed E-state index contributed by atoms with van der Waals surface area (Å²) in [6.45, 7) is 9.38. The van der Waals surface area contributed by atoms with E-state index in [9.17, 15) is 4.79 Å². The number of amides is 1. The Morgan fingerprint density at radius 3 is 2.50 bits per heavy atom. The van der Waals surface area contributed by atoms with Gasteiger partial charge in [0, 0.05) is 25.6 Å². The van der Waals surface area contributed by atoms with Gasteiger partial charge in [-0.3, -0.25) is 4.79 Å². The average molecular weight is 254 g/mol. The Morgan fingerprint density at radius 2 is 2.00 bits per heavy atom. The predicted octanol–water partition coefficient (Wildman–Crippen LogP) is 2.64. The molecule has 3 atom stereocenters. The van der Waals surface area contributed by atoms with Crippen molar-refractivity contribution in [3.05, 3.63) is 0 Å². The highest BCUT2D eigenvalue weighted by Gasteiger charge is 2.31. The number of nitrogens with zero attached hydrogens (tertiary/aromatic N) is 1. The molecule has 0 aliphatic heterocycles. The predicted molar refractivity (Wildman–Crippen MR) is 76.2 cm³/mol. The molecular formula is C15H30N2O. The fourth-order valence-corrected chi connectivity index (χ4v) is 3.06. The van der Waals surface area contributed by atoms with E-state index in [1.165, 1.54) is 6.42 Å². The summed E-state index contributed by atoms with van der Waals surface area (Å²) in [5, 5.41) is 0. The molecule has 2 N–H and O–H groups in total. The third-order valence-corrected chi connectivity index (χ3v) is 3.94. The first kappa shape index (κ1) is 15.5. The molecule has 1 aliphatic rings. The summed E-state index contributed by atoms with van der Waals surface area (Å²) >= 11 is 0. The molecule has 0 radical (unpaired) electrons. The first-order chi connectivity index (χ1) is 8.20. The first-order valence-corrected chi connectivity index (χ1v) is 7.21. The molecule has 1 amide bonds. The molecule has 1 aliphatic carbocycles. The van der Waals surface area contributed by atoms with Crippen LogP contribution in [0, 0.1) is 17.3 Å². The van der Waals surface area contributed by atoms with Crippen LogP contribution in [0.1, 0.15) is 53.4 Å². The second-order valence-electron chi connectivity index (χ2n) is 7.23. The summed E-state index contributed by atoms with van der Waals surface area (Å²) < 4.78 is 0. The highest BCUT2D eigenvalue weighted by Crippen LogP contribution is 2.30. The van der Waals surface area contributed by atoms with E-state index < -0.39 is 0 Å². The van der Waals surface area contributed by atoms with Crippen LogP contribution < -0.4 is 5.73 Å². The fraction of sp³-hybridized carbons (Fsp3) is 0.933. The summed E-state index contributed by atoms with van der Waals surface area (Å²) in [6.07, 6.45) is 4.46. The minimum absolute atomic E-state index is 0.115. The molecule has 18 heavy (non-hydrogen) atoms. The number of hydrogen-bond donors (Lipinski definition) is 1. The van der Waals surface area contributed by atoms with Crippen LogP contribution in [0.15, 0.2) is 0 Å². The van der Waals surface area contributed by atoms with Gasteiger partial charge in [-0.1, -0.05) is 34.1 Å². The largest absolute Gasteiger partial charge is 0.345 e. The van der Waals surface area contributed by atoms with E-state index in [0.717, 1.165) is 25.8 Å². The highest BCUT2D eigenvalue weighted by molar-refractivity contribution is 5.78. The number of carbonyl (C=O) groups excluding carboxylic acids is 1. The van der Waals surface area contributed by atoms with E-state index in [0.29, 0.717) is 12.0 Å². The number of hydrogen-bond acceptors (Lipinski definition) is 2. The Hall–Kier alpha value is -0.570. The minimum atomic E-state index is 0.115. The van der Waals surface area contributed by atoms with E-state index in [-0.39, 0.29) is 17.2 Å². The molecule has 0 aromatic rings. The van der Waals surface area contributed by atoms with E-state index >= 15 is 0 Å². The molecule has 106 valence electrons. The second kappa shape index (κ2) is 6.05. The molecule has 0 aromatic heterocycles. The second-order valence-corrected chi connectivity index (χ2v) is 7.23. The zero-order valence-electron chi connectivity index (χ0n) is 12.7. The summed E-state index contributed by atoms with van der Waals surface area (Å²) in [5.41, 5.74) is 6.18. The summed E-state index contributed by atoms with van der Waals surface area (Å²) in [4.78, 5) is 14.3. The maximum Gasteiger partial charge on any atom is 0.225 e. The molecule has 3 nitrogen and oxygen atoms in total. The highest BCUT2D eigenvalue weighted by atomic mass is 16.2. The smallest absolute Gasteiger partial charge is 0.225 e. The quantitative estimate of drug-likeness (QED) is 0.841. The molecular weight excluding hydrogens is 224 g/mol. The van der Waals surface area contributed by atoms with Gasteiger partial charge in [-0.25, -0.2) is 0 Å². The van der Waals surface area contributed by atoms with E-state index in [1.807, 2.05) is 11.9 Å². The monoisotopic (exact) mass is 254 g/mol. The lowest BCUT2D eigenvalue weighted by molar-refractivity contribution is -0.137. The van der Waals surface area contributed by atoms with Crippen LogP contribution in [0.3, 0.4) is 0 Å². The van der Waals surface area contributed by atoms with Gasteiger partial charge in [0.1, 0.15) is 0 Å². The van der Waals surface area contributed by atoms with Gasteiger partial charge < -0.3 is 10.6 Å². The molecule has 3 unspecified atom stereocenters. The Kier molecular flexibility index (Phi) is 5.20. The van der Waals surface area contributed by atoms with Gasteiger partial charge in [0.25, 0.3) is 0 Å². The van der Waals surface area contributed by atoms with Crippen molar-refractivity contribution in [1.29, 1.82) is 0 Å². The summed E-state index contributed by atoms with van der Waals surface area (Å²) in [5.74, 6) is 0.872. The van der Waals surface area contributed by atoms with Crippen molar-refractivity contribution >= 4 is 5.91 Å². The zero-order chi connectivity index (χ0) is 13.9. The molecule has 0 saturated heterocycles. The van der Waals surface area contributed by atoms with Crippen LogP contribution in [-0.2, 0) is 4.79 Å². The summed E-state index contributed by atoms with van der Waals surface area (Å²) in [6, 6.07) is 0.298. The van der Waals surface area contributed by atoms with Crippen LogP contribution in [0.5, 0.6) is 0 Å². The molecule has 1 saturated carbocycles. The Bertz CT molecular complexity index is 283. The average Bonchev–Trinajstić information content (AvgIpc) is 2.24. The zero-order valence-corrected chi connectivity index (χ0v) is 12.7. The molecule has 0 aromatic carbocycles. The number of nitrogens with two attached hydrogens (primary N) is 1. The van der Waals surface area contributed by atoms with Crippen molar-refractivity contribution in [3.63, 3.8) is 0 Å². The topological polar surface area (TPSA) is 46.3 Å². The molecule has 1 rings (SSSR count). The number of rotatable bonds is 3. The lowest BCUT2D eigenvalue weighted by atomic mass is 9.78. The van der Waals surface area contributed by atoms with Crippen molar-refractivity contribution in [1.82, 2.24) is 4.90 Å². The van der Waals surface area contributed by atoms with Gasteiger partial charge in [-0.2, -0.15) is 0 Å². The minimum Gasteiger partial charge on any atom is -0.345 e. The summed E-state index contributed by atoms with van der Waals surface area (Å²) in [7, 11) is 1.92. The fourth-order valence-electron chi connectivity index (χ4n) is 3.06. The molecule has 3 heteroatoms. The lowest BCUT2D eigenvalue weighted by Gasteiger charge is -2.34. The maximum atomic E-state index is 12.4. The molecule has 1 fully saturated rings. The van der Waals surface area contributed by atoms with Crippen molar-refractivity contribution in [3.8, 4) is 0 Å². The first-order valence-electron chi connectivity index (χ1n) is 7.21. The van der Waals surface area contributed by atoms with Crippen LogP contribution in [0.25, 0.3) is 0 Å². The molecule has 0 heterocycles. The van der Waals surface area contributed by atoms with Crippen molar-refractivity contribution in [2.24, 2.45) is 23.0 Å². The standard InChI is InChI=1S/C15H30N2O/c1-11(12-7-6-8-13(16)9-12)14(18)17(5)10-15(2,3)4/h11-13H,6-10,16H2,1-5H3. The van der Waals surface area contributed by atoms with Crippen LogP contribution in [-0.4, -0.2) is 30.4 Å². The Morgan fingerprint density at radius 1 is 1.39 bits per heavy atom. The Balaban J connectivity index is 2.54. The molecule has 0 bridgehead atoms. The van der Waals surface area contributed by atoms with Gasteiger partial charge in [0.05, 0.1) is 0 Å². The van der Waals surface area contributed by atoms with Crippen LogP contribution >= 0.6 is 0 Å². The van der Waals surface area contributed by atoms with Gasteiger partial charge in [0.15, 0.2) is 0 Å². The lowest BCUT2D eigenvalue weighted by Crippen LogP contribution is -2.41. The van der Waals surface area contributed by atoms with Crippen LogP contribution in [0.2, 0.25) is 0 Å². The van der Waals surface area contributed by atoms with Crippen molar-refractivity contribution in [2.45, 2.75) is 59.4 Å². The van der Waals surface area contributed by atoms with Gasteiger partial charge >= 0.3 is 0 Å². The van der Waals surface area contributed by atoms with E-state index in [4.69, 9.17) is 5.73 Å². The number of carbonyl (C=O) groups is 1. The SMILES string of the molecule is CC(C(=O)N(C)CC(C)(C)C)C1CCCC(N)C1. The Labute approximate surface area is 112 Å². The van der Waals surface area contributed by atoms with E-state index in [2.05, 4.69) is 27.7 Å². The third kappa shape index (κ3) is 4.60.